The lowest BCUT2D eigenvalue weighted by Gasteiger charge is -2.09. The molecule has 2 aromatic carbocycles. The topological polar surface area (TPSA) is 96.9 Å². The molecule has 0 saturated carbocycles. The fourth-order valence-electron chi connectivity index (χ4n) is 2.68. The van der Waals surface area contributed by atoms with E-state index < -0.39 is 11.2 Å². The Morgan fingerprint density at radius 3 is 2.21 bits per heavy atom. The van der Waals surface area contributed by atoms with Crippen LogP contribution in [-0.4, -0.2) is 35.1 Å². The summed E-state index contributed by atoms with van der Waals surface area (Å²) < 4.78 is 5.07. The molecule has 2 aromatic rings. The molecule has 0 aliphatic carbocycles. The summed E-state index contributed by atoms with van der Waals surface area (Å²) in [5.74, 6) is -0.248. The van der Waals surface area contributed by atoms with Crippen molar-refractivity contribution in [1.29, 1.82) is 0 Å². The Balaban J connectivity index is 1.48. The van der Waals surface area contributed by atoms with Crippen LogP contribution in [0.5, 0.6) is 5.75 Å². The third-order valence-electron chi connectivity index (χ3n) is 4.18. The van der Waals surface area contributed by atoms with E-state index in [-0.39, 0.29) is 24.7 Å². The van der Waals surface area contributed by atoms with Gasteiger partial charge in [-0.2, -0.15) is 0 Å². The second kappa shape index (κ2) is 9.38. The molecule has 29 heavy (non-hydrogen) atoms. The SMILES string of the molecule is COc1ccc(NC(=O)C[C@H]2SC(CC(=O)Nc3ccc(C)cc3)=NC2=O)cc1. The lowest BCUT2D eigenvalue weighted by molar-refractivity contribution is -0.121. The highest BCUT2D eigenvalue weighted by atomic mass is 32.2. The van der Waals surface area contributed by atoms with Gasteiger partial charge in [0, 0.05) is 17.8 Å². The van der Waals surface area contributed by atoms with Gasteiger partial charge in [-0.1, -0.05) is 29.5 Å². The third-order valence-corrected chi connectivity index (χ3v) is 5.34. The van der Waals surface area contributed by atoms with Crippen molar-refractivity contribution in [2.45, 2.75) is 25.0 Å². The van der Waals surface area contributed by atoms with E-state index in [1.54, 1.807) is 31.4 Å². The number of carbonyl (C=O) groups is 3. The second-order valence-corrected chi connectivity index (χ2v) is 7.80. The van der Waals surface area contributed by atoms with Crippen LogP contribution in [0.15, 0.2) is 53.5 Å². The summed E-state index contributed by atoms with van der Waals surface area (Å²) in [4.78, 5) is 40.4. The van der Waals surface area contributed by atoms with Crippen LogP contribution in [0.2, 0.25) is 0 Å². The van der Waals surface area contributed by atoms with Crippen molar-refractivity contribution in [3.63, 3.8) is 0 Å². The number of benzene rings is 2. The van der Waals surface area contributed by atoms with Crippen molar-refractivity contribution < 1.29 is 19.1 Å². The largest absolute Gasteiger partial charge is 0.497 e. The molecule has 0 fully saturated rings. The van der Waals surface area contributed by atoms with E-state index in [0.717, 1.165) is 17.3 Å². The monoisotopic (exact) mass is 411 g/mol. The van der Waals surface area contributed by atoms with Crippen LogP contribution in [0, 0.1) is 6.92 Å². The van der Waals surface area contributed by atoms with E-state index >= 15 is 0 Å². The molecule has 0 unspecified atom stereocenters. The van der Waals surface area contributed by atoms with Crippen molar-refractivity contribution in [1.82, 2.24) is 0 Å². The van der Waals surface area contributed by atoms with Crippen LogP contribution in [0.1, 0.15) is 18.4 Å². The summed E-state index contributed by atoms with van der Waals surface area (Å²) in [6.45, 7) is 1.96. The van der Waals surface area contributed by atoms with Crippen molar-refractivity contribution >= 4 is 45.9 Å². The molecule has 0 bridgehead atoms. The first-order chi connectivity index (χ1) is 13.9. The molecule has 0 spiro atoms. The molecule has 1 aliphatic rings. The van der Waals surface area contributed by atoms with E-state index in [1.807, 2.05) is 31.2 Å². The van der Waals surface area contributed by atoms with E-state index in [2.05, 4.69) is 15.6 Å². The van der Waals surface area contributed by atoms with Crippen LogP contribution in [-0.2, 0) is 14.4 Å². The fourth-order valence-corrected chi connectivity index (χ4v) is 3.75. The van der Waals surface area contributed by atoms with Gasteiger partial charge in [-0.3, -0.25) is 14.4 Å². The average molecular weight is 411 g/mol. The van der Waals surface area contributed by atoms with Crippen LogP contribution in [0.4, 0.5) is 11.4 Å². The summed E-state index contributed by atoms with van der Waals surface area (Å²) in [6, 6.07) is 14.3. The van der Waals surface area contributed by atoms with E-state index in [9.17, 15) is 14.4 Å². The number of thioether (sulfide) groups is 1. The molecule has 3 rings (SSSR count). The number of hydrogen-bond acceptors (Lipinski definition) is 5. The quantitative estimate of drug-likeness (QED) is 0.728. The number of anilines is 2. The Bertz CT molecular complexity index is 939. The van der Waals surface area contributed by atoms with Crippen molar-refractivity contribution in [2.24, 2.45) is 4.99 Å². The Kier molecular flexibility index (Phi) is 6.66. The second-order valence-electron chi connectivity index (χ2n) is 6.52. The molecule has 2 N–H and O–H groups in total. The highest BCUT2D eigenvalue weighted by Gasteiger charge is 2.31. The number of aliphatic imine (C=N–C) groups is 1. The number of rotatable bonds is 7. The molecule has 1 heterocycles. The number of amides is 3. The fraction of sp³-hybridized carbons (Fsp3) is 0.238. The number of hydrogen-bond donors (Lipinski definition) is 2. The van der Waals surface area contributed by atoms with Gasteiger partial charge in [-0.25, -0.2) is 4.99 Å². The molecular formula is C21H21N3O4S. The van der Waals surface area contributed by atoms with Gasteiger partial charge in [0.1, 0.15) is 11.0 Å². The van der Waals surface area contributed by atoms with Crippen molar-refractivity contribution in [3.05, 3.63) is 54.1 Å². The van der Waals surface area contributed by atoms with Gasteiger partial charge in [-0.15, -0.1) is 0 Å². The standard InChI is InChI=1S/C21H21N3O4S/c1-13-3-5-14(6-4-13)23-19(26)12-20-24-21(27)17(29-20)11-18(25)22-15-7-9-16(28-2)10-8-15/h3-10,17H,11-12H2,1-2H3,(H,22,25)(H,23,26)/t17-/m1/s1. The highest BCUT2D eigenvalue weighted by molar-refractivity contribution is 8.15. The Hall–Kier alpha value is -3.13. The predicted octanol–water partition coefficient (Wildman–Crippen LogP) is 3.40. The minimum atomic E-state index is -0.615. The molecule has 0 radical (unpaired) electrons. The van der Waals surface area contributed by atoms with Gasteiger partial charge >= 0.3 is 0 Å². The molecule has 0 aromatic heterocycles. The van der Waals surface area contributed by atoms with E-state index in [1.165, 1.54) is 0 Å². The van der Waals surface area contributed by atoms with Gasteiger partial charge < -0.3 is 15.4 Å². The summed E-state index contributed by atoms with van der Waals surface area (Å²) >= 11 is 1.16. The zero-order chi connectivity index (χ0) is 20.8. The first-order valence-electron chi connectivity index (χ1n) is 9.01. The number of ether oxygens (including phenoxy) is 1. The van der Waals surface area contributed by atoms with Gasteiger partial charge in [0.25, 0.3) is 5.91 Å². The smallest absolute Gasteiger partial charge is 0.260 e. The first kappa shape index (κ1) is 20.6. The molecule has 1 aliphatic heterocycles. The Labute approximate surface area is 172 Å². The predicted molar refractivity (Wildman–Crippen MR) is 114 cm³/mol. The lowest BCUT2D eigenvalue weighted by Crippen LogP contribution is -2.21. The summed E-state index contributed by atoms with van der Waals surface area (Å²) in [6.07, 6.45) is -0.0109. The number of nitrogens with zero attached hydrogens (tertiary/aromatic N) is 1. The highest BCUT2D eigenvalue weighted by Crippen LogP contribution is 2.27. The summed E-state index contributed by atoms with van der Waals surface area (Å²) in [5, 5.41) is 5.32. The molecule has 8 heteroatoms. The molecule has 0 saturated heterocycles. The van der Waals surface area contributed by atoms with Crippen LogP contribution >= 0.6 is 11.8 Å². The normalized spacial score (nSPS) is 15.6. The number of methoxy groups -OCH3 is 1. The zero-order valence-electron chi connectivity index (χ0n) is 16.1. The van der Waals surface area contributed by atoms with Crippen LogP contribution < -0.4 is 15.4 Å². The van der Waals surface area contributed by atoms with Gasteiger partial charge in [0.15, 0.2) is 0 Å². The molecule has 7 nitrogen and oxygen atoms in total. The minimum absolute atomic E-state index is 0.000875. The lowest BCUT2D eigenvalue weighted by atomic mass is 10.2. The maximum atomic E-state index is 12.2. The Morgan fingerprint density at radius 1 is 1.00 bits per heavy atom. The molecule has 150 valence electrons. The number of carbonyl (C=O) groups excluding carboxylic acids is 3. The third kappa shape index (κ3) is 5.92. The van der Waals surface area contributed by atoms with Gasteiger partial charge in [0.05, 0.1) is 18.6 Å². The zero-order valence-corrected chi connectivity index (χ0v) is 16.9. The average Bonchev–Trinajstić information content (AvgIpc) is 3.02. The first-order valence-corrected chi connectivity index (χ1v) is 9.89. The van der Waals surface area contributed by atoms with Gasteiger partial charge in [0.2, 0.25) is 11.8 Å². The maximum Gasteiger partial charge on any atom is 0.260 e. The summed E-state index contributed by atoms with van der Waals surface area (Å²) in [7, 11) is 1.56. The molecule has 3 amide bonds. The minimum Gasteiger partial charge on any atom is -0.497 e. The van der Waals surface area contributed by atoms with Crippen molar-refractivity contribution in [3.8, 4) is 5.75 Å². The Morgan fingerprint density at radius 2 is 1.59 bits per heavy atom. The van der Waals surface area contributed by atoms with Crippen LogP contribution in [0.25, 0.3) is 0 Å². The molecule has 1 atom stereocenters. The molecular weight excluding hydrogens is 390 g/mol. The maximum absolute atomic E-state index is 12.2. The number of aryl methyl sites for hydroxylation is 1. The van der Waals surface area contributed by atoms with Crippen molar-refractivity contribution in [2.75, 3.05) is 17.7 Å². The van der Waals surface area contributed by atoms with E-state index in [4.69, 9.17) is 4.74 Å². The van der Waals surface area contributed by atoms with Gasteiger partial charge in [-0.05, 0) is 43.3 Å². The summed E-state index contributed by atoms with van der Waals surface area (Å²) in [5.41, 5.74) is 2.40. The van der Waals surface area contributed by atoms with E-state index in [0.29, 0.717) is 22.2 Å². The van der Waals surface area contributed by atoms with Crippen LogP contribution in [0.3, 0.4) is 0 Å². The number of nitrogens with one attached hydrogen (secondary N) is 2.